The highest BCUT2D eigenvalue weighted by Crippen LogP contribution is 2.27. The molecule has 0 amide bonds. The Bertz CT molecular complexity index is 282. The number of benzene rings is 1. The van der Waals surface area contributed by atoms with Gasteiger partial charge in [0, 0.05) is 10.5 Å². The van der Waals surface area contributed by atoms with Crippen molar-refractivity contribution < 1.29 is 8.78 Å². The molecule has 1 aromatic rings. The van der Waals surface area contributed by atoms with Crippen LogP contribution in [-0.2, 0) is 0 Å². The lowest BCUT2D eigenvalue weighted by atomic mass is 10.1. The fourth-order valence-corrected chi connectivity index (χ4v) is 1.80. The highest BCUT2D eigenvalue weighted by molar-refractivity contribution is 7.98. The van der Waals surface area contributed by atoms with Crippen LogP contribution in [0.15, 0.2) is 11.0 Å². The van der Waals surface area contributed by atoms with E-state index in [1.54, 1.807) is 20.1 Å². The van der Waals surface area contributed by atoms with Crippen LogP contribution in [0.2, 0.25) is 0 Å². The molecule has 0 atom stereocenters. The zero-order valence-electron chi connectivity index (χ0n) is 7.24. The fraction of sp³-hybridized carbons (Fsp3) is 0.333. The lowest BCUT2D eigenvalue weighted by Crippen LogP contribution is -1.94. The number of thioether (sulfide) groups is 1. The summed E-state index contributed by atoms with van der Waals surface area (Å²) in [4.78, 5) is 0.410. The molecule has 0 aromatic heterocycles. The van der Waals surface area contributed by atoms with Gasteiger partial charge in [0.25, 0.3) is 0 Å². The Labute approximate surface area is 75.0 Å². The van der Waals surface area contributed by atoms with E-state index >= 15 is 0 Å². The minimum atomic E-state index is -0.335. The van der Waals surface area contributed by atoms with Crippen molar-refractivity contribution in [2.75, 3.05) is 6.26 Å². The summed E-state index contributed by atoms with van der Waals surface area (Å²) in [6, 6.07) is 1.23. The van der Waals surface area contributed by atoms with E-state index in [4.69, 9.17) is 0 Å². The first-order valence-electron chi connectivity index (χ1n) is 3.57. The average molecular weight is 188 g/mol. The Balaban J connectivity index is 3.42. The van der Waals surface area contributed by atoms with E-state index < -0.39 is 0 Å². The Morgan fingerprint density at radius 1 is 1.25 bits per heavy atom. The van der Waals surface area contributed by atoms with Crippen molar-refractivity contribution >= 4 is 11.8 Å². The summed E-state index contributed by atoms with van der Waals surface area (Å²) in [6.07, 6.45) is 1.74. The number of hydrogen-bond donors (Lipinski definition) is 0. The van der Waals surface area contributed by atoms with Crippen LogP contribution < -0.4 is 0 Å². The molecule has 3 heteroatoms. The van der Waals surface area contributed by atoms with Crippen LogP contribution in [0.1, 0.15) is 11.1 Å². The highest BCUT2D eigenvalue weighted by atomic mass is 32.2. The van der Waals surface area contributed by atoms with E-state index in [0.717, 1.165) is 0 Å². The molecule has 0 aliphatic rings. The largest absolute Gasteiger partial charge is 0.207 e. The molecule has 1 rings (SSSR count). The minimum Gasteiger partial charge on any atom is -0.207 e. The van der Waals surface area contributed by atoms with Crippen LogP contribution in [0.5, 0.6) is 0 Å². The summed E-state index contributed by atoms with van der Waals surface area (Å²) < 4.78 is 26.3. The highest BCUT2D eigenvalue weighted by Gasteiger charge is 2.11. The number of aryl methyl sites for hydroxylation is 1. The third-order valence-corrected chi connectivity index (χ3v) is 2.69. The summed E-state index contributed by atoms with van der Waals surface area (Å²) >= 11 is 1.24. The van der Waals surface area contributed by atoms with Gasteiger partial charge in [-0.15, -0.1) is 11.8 Å². The molecule has 0 saturated carbocycles. The maximum Gasteiger partial charge on any atom is 0.140 e. The molecular formula is C9H10F2S. The van der Waals surface area contributed by atoms with Gasteiger partial charge in [0.05, 0.1) is 0 Å². The molecule has 0 bridgehead atoms. The van der Waals surface area contributed by atoms with Crippen molar-refractivity contribution in [1.82, 2.24) is 0 Å². The zero-order chi connectivity index (χ0) is 9.30. The lowest BCUT2D eigenvalue weighted by molar-refractivity contribution is 0.560. The third kappa shape index (κ3) is 1.46. The summed E-state index contributed by atoms with van der Waals surface area (Å²) in [6.45, 7) is 3.15. The smallest absolute Gasteiger partial charge is 0.140 e. The number of rotatable bonds is 1. The van der Waals surface area contributed by atoms with Crippen LogP contribution in [0.4, 0.5) is 8.78 Å². The molecule has 12 heavy (non-hydrogen) atoms. The first kappa shape index (κ1) is 9.52. The predicted octanol–water partition coefficient (Wildman–Crippen LogP) is 3.30. The fourth-order valence-electron chi connectivity index (χ4n) is 1.06. The van der Waals surface area contributed by atoms with Gasteiger partial charge in [-0.05, 0) is 31.7 Å². The van der Waals surface area contributed by atoms with Crippen LogP contribution in [0.25, 0.3) is 0 Å². The first-order chi connectivity index (χ1) is 5.57. The van der Waals surface area contributed by atoms with Crippen molar-refractivity contribution in [2.24, 2.45) is 0 Å². The molecular weight excluding hydrogens is 178 g/mol. The van der Waals surface area contributed by atoms with Gasteiger partial charge in [-0.2, -0.15) is 0 Å². The van der Waals surface area contributed by atoms with Crippen LogP contribution in [-0.4, -0.2) is 6.26 Å². The SMILES string of the molecule is CSc1c(C)c(F)cc(C)c1F. The van der Waals surface area contributed by atoms with Crippen molar-refractivity contribution in [3.63, 3.8) is 0 Å². The van der Waals surface area contributed by atoms with Gasteiger partial charge in [0.2, 0.25) is 0 Å². The Morgan fingerprint density at radius 2 is 1.83 bits per heavy atom. The number of halogens is 2. The van der Waals surface area contributed by atoms with E-state index in [1.165, 1.54) is 17.8 Å². The van der Waals surface area contributed by atoms with E-state index in [9.17, 15) is 8.78 Å². The second kappa shape index (κ2) is 3.44. The summed E-state index contributed by atoms with van der Waals surface area (Å²) in [5, 5.41) is 0. The van der Waals surface area contributed by atoms with E-state index in [1.807, 2.05) is 0 Å². The minimum absolute atomic E-state index is 0.304. The summed E-state index contributed by atoms with van der Waals surface area (Å²) in [5.41, 5.74) is 0.757. The standard InChI is InChI=1S/C9H10F2S/c1-5-4-7(10)6(2)9(12-3)8(5)11/h4H,1-3H3. The normalized spacial score (nSPS) is 10.4. The molecule has 66 valence electrons. The van der Waals surface area contributed by atoms with E-state index in [-0.39, 0.29) is 11.6 Å². The van der Waals surface area contributed by atoms with Crippen LogP contribution in [0, 0.1) is 25.5 Å². The van der Waals surface area contributed by atoms with Gasteiger partial charge in [-0.1, -0.05) is 0 Å². The lowest BCUT2D eigenvalue weighted by Gasteiger charge is -2.07. The van der Waals surface area contributed by atoms with Gasteiger partial charge in [0.1, 0.15) is 11.6 Å². The van der Waals surface area contributed by atoms with Gasteiger partial charge in [-0.25, -0.2) is 8.78 Å². The average Bonchev–Trinajstić information content (AvgIpc) is 2.02. The maximum atomic E-state index is 13.3. The monoisotopic (exact) mass is 188 g/mol. The predicted molar refractivity (Wildman–Crippen MR) is 47.6 cm³/mol. The zero-order valence-corrected chi connectivity index (χ0v) is 8.06. The molecule has 0 unspecified atom stereocenters. The van der Waals surface area contributed by atoms with Gasteiger partial charge >= 0.3 is 0 Å². The Hall–Kier alpha value is -0.570. The molecule has 0 aliphatic carbocycles. The summed E-state index contributed by atoms with van der Waals surface area (Å²) in [7, 11) is 0. The Kier molecular flexibility index (Phi) is 2.73. The second-order valence-corrected chi connectivity index (χ2v) is 3.46. The van der Waals surface area contributed by atoms with E-state index in [0.29, 0.717) is 16.0 Å². The quantitative estimate of drug-likeness (QED) is 0.609. The third-order valence-electron chi connectivity index (χ3n) is 1.79. The molecule has 0 aliphatic heterocycles. The molecule has 1 aromatic carbocycles. The van der Waals surface area contributed by atoms with Crippen molar-refractivity contribution in [3.05, 3.63) is 28.8 Å². The molecule has 0 saturated heterocycles. The maximum absolute atomic E-state index is 13.3. The van der Waals surface area contributed by atoms with Crippen molar-refractivity contribution in [3.8, 4) is 0 Å². The van der Waals surface area contributed by atoms with Gasteiger partial charge in [0.15, 0.2) is 0 Å². The topological polar surface area (TPSA) is 0 Å². The number of hydrogen-bond acceptors (Lipinski definition) is 1. The molecule has 0 radical (unpaired) electrons. The molecule has 0 spiro atoms. The first-order valence-corrected chi connectivity index (χ1v) is 4.79. The van der Waals surface area contributed by atoms with E-state index in [2.05, 4.69) is 0 Å². The summed E-state index contributed by atoms with van der Waals surface area (Å²) in [5.74, 6) is -0.639. The second-order valence-electron chi connectivity index (χ2n) is 2.65. The molecule has 0 N–H and O–H groups in total. The molecule has 0 heterocycles. The van der Waals surface area contributed by atoms with Crippen LogP contribution in [0.3, 0.4) is 0 Å². The van der Waals surface area contributed by atoms with Crippen molar-refractivity contribution in [1.29, 1.82) is 0 Å². The van der Waals surface area contributed by atoms with Gasteiger partial charge in [-0.3, -0.25) is 0 Å². The molecule has 0 fully saturated rings. The molecule has 0 nitrogen and oxygen atoms in total. The Morgan fingerprint density at radius 3 is 2.33 bits per heavy atom. The van der Waals surface area contributed by atoms with Crippen molar-refractivity contribution in [2.45, 2.75) is 18.7 Å². The van der Waals surface area contributed by atoms with Gasteiger partial charge < -0.3 is 0 Å². The van der Waals surface area contributed by atoms with Crippen LogP contribution >= 0.6 is 11.8 Å².